The standard InChI is InChI=1S/C15H25NS/c1-14(2,3)12-10-17-13-9-16(15(4,5)6)8-7-11(12)13/h10H,7-9H2,1-6H3. The molecular weight excluding hydrogens is 226 g/mol. The summed E-state index contributed by atoms with van der Waals surface area (Å²) in [7, 11) is 0. The summed E-state index contributed by atoms with van der Waals surface area (Å²) in [6, 6.07) is 0. The molecular formula is C15H25NS. The van der Waals surface area contributed by atoms with Crippen molar-refractivity contribution in [3.05, 3.63) is 21.4 Å². The lowest BCUT2D eigenvalue weighted by Gasteiger charge is -2.38. The van der Waals surface area contributed by atoms with Gasteiger partial charge >= 0.3 is 0 Å². The third-order valence-electron chi connectivity index (χ3n) is 3.70. The molecule has 0 N–H and O–H groups in total. The summed E-state index contributed by atoms with van der Waals surface area (Å²) in [5, 5.41) is 2.39. The molecule has 1 nitrogen and oxygen atoms in total. The second-order valence-corrected chi connectivity index (χ2v) is 8.11. The molecule has 2 heterocycles. The molecule has 17 heavy (non-hydrogen) atoms. The van der Waals surface area contributed by atoms with Crippen molar-refractivity contribution in [2.75, 3.05) is 6.54 Å². The molecule has 0 aromatic carbocycles. The summed E-state index contributed by atoms with van der Waals surface area (Å²) in [6.07, 6.45) is 1.22. The van der Waals surface area contributed by atoms with Gasteiger partial charge in [-0.2, -0.15) is 0 Å². The SMILES string of the molecule is CC(C)(C)c1csc2c1CCN(C(C)(C)C)C2. The van der Waals surface area contributed by atoms with Crippen LogP contribution in [-0.2, 0) is 18.4 Å². The van der Waals surface area contributed by atoms with Crippen LogP contribution in [0.3, 0.4) is 0 Å². The van der Waals surface area contributed by atoms with Crippen LogP contribution in [0.25, 0.3) is 0 Å². The number of thiophene rings is 1. The number of rotatable bonds is 0. The Morgan fingerprint density at radius 1 is 1.12 bits per heavy atom. The third-order valence-corrected chi connectivity index (χ3v) is 4.72. The summed E-state index contributed by atoms with van der Waals surface area (Å²) in [5.41, 5.74) is 3.81. The maximum atomic E-state index is 2.60. The average Bonchev–Trinajstić information content (AvgIpc) is 2.57. The first-order valence-corrected chi connectivity index (χ1v) is 7.42. The fraction of sp³-hybridized carbons (Fsp3) is 0.733. The lowest BCUT2D eigenvalue weighted by atomic mass is 9.83. The predicted octanol–water partition coefficient (Wildman–Crippen LogP) is 4.20. The van der Waals surface area contributed by atoms with Gasteiger partial charge in [0.15, 0.2) is 0 Å². The zero-order valence-corrected chi connectivity index (χ0v) is 12.9. The van der Waals surface area contributed by atoms with E-state index < -0.39 is 0 Å². The van der Waals surface area contributed by atoms with Crippen molar-refractivity contribution in [3.63, 3.8) is 0 Å². The van der Waals surface area contributed by atoms with E-state index in [4.69, 9.17) is 0 Å². The monoisotopic (exact) mass is 251 g/mol. The van der Waals surface area contributed by atoms with Crippen LogP contribution in [0.1, 0.15) is 57.5 Å². The minimum Gasteiger partial charge on any atom is -0.293 e. The average molecular weight is 251 g/mol. The van der Waals surface area contributed by atoms with Crippen LogP contribution in [0.4, 0.5) is 0 Å². The van der Waals surface area contributed by atoms with Gasteiger partial charge in [-0.05, 0) is 49.1 Å². The van der Waals surface area contributed by atoms with Crippen molar-refractivity contribution in [2.24, 2.45) is 0 Å². The van der Waals surface area contributed by atoms with Crippen molar-refractivity contribution in [1.82, 2.24) is 4.90 Å². The molecule has 1 aromatic rings. The minimum atomic E-state index is 0.295. The maximum Gasteiger partial charge on any atom is 0.0336 e. The number of hydrogen-bond donors (Lipinski definition) is 0. The van der Waals surface area contributed by atoms with Gasteiger partial charge in [0.25, 0.3) is 0 Å². The Bertz CT molecular complexity index is 404. The van der Waals surface area contributed by atoms with Gasteiger partial charge in [0.2, 0.25) is 0 Å². The van der Waals surface area contributed by atoms with Gasteiger partial charge in [0, 0.05) is 23.5 Å². The number of nitrogens with zero attached hydrogens (tertiary/aromatic N) is 1. The molecule has 0 fully saturated rings. The van der Waals surface area contributed by atoms with E-state index in [-0.39, 0.29) is 0 Å². The van der Waals surface area contributed by atoms with E-state index in [2.05, 4.69) is 51.8 Å². The molecule has 0 unspecified atom stereocenters. The highest BCUT2D eigenvalue weighted by molar-refractivity contribution is 7.10. The molecule has 0 amide bonds. The molecule has 0 aliphatic carbocycles. The fourth-order valence-corrected chi connectivity index (χ4v) is 3.87. The third kappa shape index (κ3) is 2.58. The zero-order chi connectivity index (χ0) is 12.8. The van der Waals surface area contributed by atoms with Gasteiger partial charge < -0.3 is 0 Å². The minimum absolute atomic E-state index is 0.295. The number of fused-ring (bicyclic) bond motifs is 1. The van der Waals surface area contributed by atoms with Crippen LogP contribution < -0.4 is 0 Å². The van der Waals surface area contributed by atoms with Crippen LogP contribution in [0.15, 0.2) is 5.38 Å². The first kappa shape index (κ1) is 13.1. The molecule has 0 bridgehead atoms. The molecule has 0 saturated heterocycles. The lowest BCUT2D eigenvalue weighted by molar-refractivity contribution is 0.122. The Labute approximate surface area is 110 Å². The summed E-state index contributed by atoms with van der Waals surface area (Å²) >= 11 is 1.96. The molecule has 1 aliphatic rings. The van der Waals surface area contributed by atoms with E-state index in [0.29, 0.717) is 11.0 Å². The first-order chi connectivity index (χ1) is 7.69. The summed E-state index contributed by atoms with van der Waals surface area (Å²) in [6.45, 7) is 16.3. The van der Waals surface area contributed by atoms with Crippen LogP contribution in [-0.4, -0.2) is 17.0 Å². The summed E-state index contributed by atoms with van der Waals surface area (Å²) < 4.78 is 0. The van der Waals surface area contributed by atoms with Crippen LogP contribution >= 0.6 is 11.3 Å². The van der Waals surface area contributed by atoms with Gasteiger partial charge in [-0.1, -0.05) is 20.8 Å². The van der Waals surface area contributed by atoms with E-state index in [0.717, 1.165) is 6.54 Å². The predicted molar refractivity (Wildman–Crippen MR) is 76.9 cm³/mol. The highest BCUT2D eigenvalue weighted by Crippen LogP contribution is 2.37. The Hall–Kier alpha value is -0.340. The van der Waals surface area contributed by atoms with Crippen molar-refractivity contribution in [2.45, 2.75) is 65.5 Å². The highest BCUT2D eigenvalue weighted by atomic mass is 32.1. The van der Waals surface area contributed by atoms with Crippen molar-refractivity contribution in [3.8, 4) is 0 Å². The summed E-state index contributed by atoms with van der Waals surface area (Å²) in [5.74, 6) is 0. The Morgan fingerprint density at radius 3 is 2.29 bits per heavy atom. The van der Waals surface area contributed by atoms with Gasteiger partial charge in [0.1, 0.15) is 0 Å². The van der Waals surface area contributed by atoms with Crippen molar-refractivity contribution >= 4 is 11.3 Å². The largest absolute Gasteiger partial charge is 0.293 e. The molecule has 0 radical (unpaired) electrons. The van der Waals surface area contributed by atoms with Crippen LogP contribution in [0.2, 0.25) is 0 Å². The van der Waals surface area contributed by atoms with Gasteiger partial charge in [0.05, 0.1) is 0 Å². The number of hydrogen-bond acceptors (Lipinski definition) is 2. The molecule has 1 aromatic heterocycles. The Balaban J connectivity index is 2.28. The Kier molecular flexibility index (Phi) is 3.16. The molecule has 2 rings (SSSR count). The van der Waals surface area contributed by atoms with E-state index in [1.807, 2.05) is 11.3 Å². The topological polar surface area (TPSA) is 3.24 Å². The molecule has 0 atom stereocenters. The molecule has 1 aliphatic heterocycles. The van der Waals surface area contributed by atoms with E-state index in [9.17, 15) is 0 Å². The molecule has 96 valence electrons. The highest BCUT2D eigenvalue weighted by Gasteiger charge is 2.30. The second-order valence-electron chi connectivity index (χ2n) is 7.14. The Morgan fingerprint density at radius 2 is 1.76 bits per heavy atom. The van der Waals surface area contributed by atoms with Crippen molar-refractivity contribution in [1.29, 1.82) is 0 Å². The zero-order valence-electron chi connectivity index (χ0n) is 12.1. The van der Waals surface area contributed by atoms with Crippen molar-refractivity contribution < 1.29 is 0 Å². The smallest absolute Gasteiger partial charge is 0.0336 e. The lowest BCUT2D eigenvalue weighted by Crippen LogP contribution is -2.44. The van der Waals surface area contributed by atoms with Crippen LogP contribution in [0, 0.1) is 0 Å². The van der Waals surface area contributed by atoms with Gasteiger partial charge in [-0.25, -0.2) is 0 Å². The van der Waals surface area contributed by atoms with E-state index in [1.165, 1.54) is 13.0 Å². The fourth-order valence-electron chi connectivity index (χ4n) is 2.53. The first-order valence-electron chi connectivity index (χ1n) is 6.54. The molecule has 0 spiro atoms. The van der Waals surface area contributed by atoms with Crippen LogP contribution in [0.5, 0.6) is 0 Å². The van der Waals surface area contributed by atoms with E-state index in [1.54, 1.807) is 16.0 Å². The second kappa shape index (κ2) is 4.10. The molecule has 0 saturated carbocycles. The molecule has 2 heteroatoms. The quantitative estimate of drug-likeness (QED) is 0.668. The normalized spacial score (nSPS) is 18.2. The van der Waals surface area contributed by atoms with Gasteiger partial charge in [-0.3, -0.25) is 4.90 Å². The van der Waals surface area contributed by atoms with E-state index >= 15 is 0 Å². The summed E-state index contributed by atoms with van der Waals surface area (Å²) in [4.78, 5) is 4.19. The maximum absolute atomic E-state index is 2.60. The van der Waals surface area contributed by atoms with Gasteiger partial charge in [-0.15, -0.1) is 11.3 Å².